The van der Waals surface area contributed by atoms with E-state index in [1.165, 1.54) is 32.1 Å². The van der Waals surface area contributed by atoms with Gasteiger partial charge in [0.25, 0.3) is 0 Å². The molecule has 0 saturated heterocycles. The van der Waals surface area contributed by atoms with E-state index in [0.29, 0.717) is 16.7 Å². The summed E-state index contributed by atoms with van der Waals surface area (Å²) in [7, 11) is 0. The summed E-state index contributed by atoms with van der Waals surface area (Å²) < 4.78 is 0. The molecule has 0 aromatic carbocycles. The lowest BCUT2D eigenvalue weighted by Crippen LogP contribution is -2.52. The molecular formula is C22H36O2. The van der Waals surface area contributed by atoms with Crippen molar-refractivity contribution in [1.29, 1.82) is 0 Å². The highest BCUT2D eigenvalue weighted by atomic mass is 16.3. The lowest BCUT2D eigenvalue weighted by molar-refractivity contribution is -0.0778. The molecule has 0 spiro atoms. The molecule has 0 aliphatic heterocycles. The minimum absolute atomic E-state index is 0.161. The van der Waals surface area contributed by atoms with Gasteiger partial charge in [0.05, 0.1) is 11.7 Å². The van der Waals surface area contributed by atoms with Crippen LogP contribution < -0.4 is 0 Å². The fourth-order valence-electron chi connectivity index (χ4n) is 7.64. The Balaban J connectivity index is 1.65. The van der Waals surface area contributed by atoms with E-state index in [0.717, 1.165) is 37.0 Å². The zero-order valence-corrected chi connectivity index (χ0v) is 16.0. The average molecular weight is 333 g/mol. The molecular weight excluding hydrogens is 296 g/mol. The topological polar surface area (TPSA) is 40.5 Å². The molecule has 0 aromatic rings. The van der Waals surface area contributed by atoms with E-state index in [1.54, 1.807) is 5.57 Å². The first kappa shape index (κ1) is 17.1. The van der Waals surface area contributed by atoms with Gasteiger partial charge >= 0.3 is 0 Å². The normalized spacial score (nSPS) is 55.2. The number of hydrogen-bond donors (Lipinski definition) is 2. The highest BCUT2D eigenvalue weighted by Crippen LogP contribution is 2.67. The van der Waals surface area contributed by atoms with Gasteiger partial charge in [-0.05, 0) is 99.7 Å². The fourth-order valence-corrected chi connectivity index (χ4v) is 7.64. The first-order chi connectivity index (χ1) is 11.2. The van der Waals surface area contributed by atoms with Crippen LogP contribution in [0.5, 0.6) is 0 Å². The summed E-state index contributed by atoms with van der Waals surface area (Å²) in [6, 6.07) is 0. The SMILES string of the molecule is CC(O)C1CCC2C3CC=C4CC(C)(O)CCC4(C)C3CCC12C. The summed E-state index contributed by atoms with van der Waals surface area (Å²) in [6.07, 6.45) is 11.7. The van der Waals surface area contributed by atoms with Crippen molar-refractivity contribution < 1.29 is 10.2 Å². The first-order valence-electron chi connectivity index (χ1n) is 10.3. The Labute approximate surface area is 147 Å². The van der Waals surface area contributed by atoms with Gasteiger partial charge in [-0.1, -0.05) is 25.5 Å². The highest BCUT2D eigenvalue weighted by Gasteiger charge is 2.59. The number of allylic oxidation sites excluding steroid dienone is 1. The predicted molar refractivity (Wildman–Crippen MR) is 97.5 cm³/mol. The largest absolute Gasteiger partial charge is 0.393 e. The van der Waals surface area contributed by atoms with E-state index in [2.05, 4.69) is 19.9 Å². The molecule has 0 radical (unpaired) electrons. The van der Waals surface area contributed by atoms with E-state index in [1.807, 2.05) is 13.8 Å². The quantitative estimate of drug-likeness (QED) is 0.683. The number of aliphatic hydroxyl groups excluding tert-OH is 1. The van der Waals surface area contributed by atoms with Crippen molar-refractivity contribution in [3.05, 3.63) is 11.6 Å². The van der Waals surface area contributed by atoms with Crippen molar-refractivity contribution in [3.8, 4) is 0 Å². The van der Waals surface area contributed by atoms with Crippen molar-refractivity contribution in [3.63, 3.8) is 0 Å². The Morgan fingerprint density at radius 1 is 1.04 bits per heavy atom. The standard InChI is InChI=1S/C22H36O2/c1-14(23)17-7-8-18-16-6-5-15-13-20(2,24)11-12-21(15,3)19(16)9-10-22(17,18)4/h5,14,16-19,23-24H,6-13H2,1-4H3. The van der Waals surface area contributed by atoms with Gasteiger partial charge in [-0.15, -0.1) is 0 Å². The molecule has 4 aliphatic carbocycles. The van der Waals surface area contributed by atoms with Crippen LogP contribution in [0.2, 0.25) is 0 Å². The molecule has 3 fully saturated rings. The summed E-state index contributed by atoms with van der Waals surface area (Å²) >= 11 is 0. The van der Waals surface area contributed by atoms with Crippen LogP contribution in [0.15, 0.2) is 11.6 Å². The van der Waals surface area contributed by atoms with Crippen LogP contribution in [0.4, 0.5) is 0 Å². The van der Waals surface area contributed by atoms with Crippen molar-refractivity contribution in [2.45, 2.75) is 90.8 Å². The van der Waals surface area contributed by atoms with Crippen molar-refractivity contribution in [1.82, 2.24) is 0 Å². The summed E-state index contributed by atoms with van der Waals surface area (Å²) in [5.41, 5.74) is 1.72. The zero-order chi connectivity index (χ0) is 17.3. The second-order valence-corrected chi connectivity index (χ2v) is 10.4. The number of fused-ring (bicyclic) bond motifs is 5. The molecule has 8 atom stereocenters. The predicted octanol–water partition coefficient (Wildman–Crippen LogP) is 4.70. The maximum atomic E-state index is 10.5. The van der Waals surface area contributed by atoms with Crippen molar-refractivity contribution in [2.24, 2.45) is 34.5 Å². The van der Waals surface area contributed by atoms with Crippen LogP contribution in [0, 0.1) is 34.5 Å². The van der Waals surface area contributed by atoms with Crippen LogP contribution >= 0.6 is 0 Å². The smallest absolute Gasteiger partial charge is 0.0657 e. The molecule has 24 heavy (non-hydrogen) atoms. The number of aliphatic hydroxyl groups is 2. The van der Waals surface area contributed by atoms with E-state index in [4.69, 9.17) is 0 Å². The summed E-state index contributed by atoms with van der Waals surface area (Å²) in [4.78, 5) is 0. The van der Waals surface area contributed by atoms with Gasteiger partial charge in [-0.3, -0.25) is 0 Å². The molecule has 3 saturated carbocycles. The fraction of sp³-hybridized carbons (Fsp3) is 0.909. The molecule has 0 aromatic heterocycles. The van der Waals surface area contributed by atoms with E-state index < -0.39 is 5.60 Å². The third kappa shape index (κ3) is 2.28. The van der Waals surface area contributed by atoms with Gasteiger partial charge in [0, 0.05) is 0 Å². The van der Waals surface area contributed by atoms with Gasteiger partial charge in [0.2, 0.25) is 0 Å². The van der Waals surface area contributed by atoms with Gasteiger partial charge in [-0.25, -0.2) is 0 Å². The lowest BCUT2D eigenvalue weighted by Gasteiger charge is -2.59. The molecule has 8 unspecified atom stereocenters. The van der Waals surface area contributed by atoms with Crippen molar-refractivity contribution in [2.75, 3.05) is 0 Å². The first-order valence-corrected chi connectivity index (χ1v) is 10.3. The average Bonchev–Trinajstić information content (AvgIpc) is 2.85. The van der Waals surface area contributed by atoms with Gasteiger partial charge in [-0.2, -0.15) is 0 Å². The Hall–Kier alpha value is -0.340. The number of rotatable bonds is 1. The third-order valence-corrected chi connectivity index (χ3v) is 9.04. The zero-order valence-electron chi connectivity index (χ0n) is 16.0. The van der Waals surface area contributed by atoms with Crippen LogP contribution in [-0.2, 0) is 0 Å². The molecule has 2 heteroatoms. The Bertz CT molecular complexity index is 548. The van der Waals surface area contributed by atoms with Crippen LogP contribution in [0.3, 0.4) is 0 Å². The lowest BCUT2D eigenvalue weighted by atomic mass is 9.46. The molecule has 0 bridgehead atoms. The minimum Gasteiger partial charge on any atom is -0.393 e. The molecule has 0 amide bonds. The molecule has 136 valence electrons. The second kappa shape index (κ2) is 5.33. The van der Waals surface area contributed by atoms with Gasteiger partial charge in [0.15, 0.2) is 0 Å². The summed E-state index contributed by atoms with van der Waals surface area (Å²) in [6.45, 7) is 9.00. The molecule has 2 N–H and O–H groups in total. The summed E-state index contributed by atoms with van der Waals surface area (Å²) in [5.74, 6) is 2.87. The Kier molecular flexibility index (Phi) is 3.80. The molecule has 0 heterocycles. The maximum Gasteiger partial charge on any atom is 0.0657 e. The molecule has 2 nitrogen and oxygen atoms in total. The van der Waals surface area contributed by atoms with Crippen LogP contribution in [0.25, 0.3) is 0 Å². The highest BCUT2D eigenvalue weighted by molar-refractivity contribution is 5.26. The van der Waals surface area contributed by atoms with Crippen LogP contribution in [0.1, 0.15) is 79.1 Å². The summed E-state index contributed by atoms with van der Waals surface area (Å²) in [5, 5.41) is 20.9. The van der Waals surface area contributed by atoms with E-state index in [9.17, 15) is 10.2 Å². The van der Waals surface area contributed by atoms with E-state index in [-0.39, 0.29) is 6.10 Å². The maximum absolute atomic E-state index is 10.5. The Morgan fingerprint density at radius 3 is 2.50 bits per heavy atom. The Morgan fingerprint density at radius 2 is 1.79 bits per heavy atom. The minimum atomic E-state index is -0.494. The molecule has 4 aliphatic rings. The van der Waals surface area contributed by atoms with Crippen molar-refractivity contribution >= 4 is 0 Å². The van der Waals surface area contributed by atoms with E-state index >= 15 is 0 Å². The van der Waals surface area contributed by atoms with Gasteiger partial charge in [0.1, 0.15) is 0 Å². The van der Waals surface area contributed by atoms with Gasteiger partial charge < -0.3 is 10.2 Å². The third-order valence-electron chi connectivity index (χ3n) is 9.04. The number of hydrogen-bond acceptors (Lipinski definition) is 2. The monoisotopic (exact) mass is 332 g/mol. The molecule has 4 rings (SSSR count). The second-order valence-electron chi connectivity index (χ2n) is 10.4. The van der Waals surface area contributed by atoms with Crippen LogP contribution in [-0.4, -0.2) is 21.9 Å².